The zero-order valence-corrected chi connectivity index (χ0v) is 7.54. The summed E-state index contributed by atoms with van der Waals surface area (Å²) in [7, 11) is 0. The van der Waals surface area contributed by atoms with Gasteiger partial charge in [0.15, 0.2) is 0 Å². The van der Waals surface area contributed by atoms with Gasteiger partial charge in [-0.25, -0.2) is 4.79 Å². The molecule has 5 heteroatoms. The second-order valence-electron chi connectivity index (χ2n) is 2.65. The second-order valence-corrected chi connectivity index (χ2v) is 2.65. The quantitative estimate of drug-likeness (QED) is 0.431. The topological polar surface area (TPSA) is 26.3 Å². The molecule has 1 aromatic carbocycles. The fourth-order valence-electron chi connectivity index (χ4n) is 0.870. The summed E-state index contributed by atoms with van der Waals surface area (Å²) in [4.78, 5) is 10.7. The highest BCUT2D eigenvalue weighted by Crippen LogP contribution is 2.30. The number of hydrogen-bond donors (Lipinski definition) is 0. The fraction of sp³-hybridized carbons (Fsp3) is 0.100. The maximum atomic E-state index is 12.1. The Labute approximate surface area is 84.0 Å². The normalized spacial score (nSPS) is 10.9. The van der Waals surface area contributed by atoms with Crippen LogP contribution >= 0.6 is 0 Å². The van der Waals surface area contributed by atoms with Gasteiger partial charge in [0.1, 0.15) is 5.75 Å². The maximum absolute atomic E-state index is 12.1. The van der Waals surface area contributed by atoms with Crippen molar-refractivity contribution < 1.29 is 22.7 Å². The Morgan fingerprint density at radius 2 is 1.80 bits per heavy atom. The summed E-state index contributed by atoms with van der Waals surface area (Å²) < 4.78 is 41.0. The first-order valence-electron chi connectivity index (χ1n) is 3.95. The molecule has 2 nitrogen and oxygen atoms in total. The van der Waals surface area contributed by atoms with Crippen molar-refractivity contribution in [2.45, 2.75) is 6.18 Å². The van der Waals surface area contributed by atoms with Crippen LogP contribution in [0.5, 0.6) is 5.75 Å². The molecule has 0 aromatic heterocycles. The molecule has 0 aliphatic carbocycles. The first-order chi connectivity index (χ1) is 6.93. The van der Waals surface area contributed by atoms with Gasteiger partial charge in [0, 0.05) is 6.08 Å². The number of benzene rings is 1. The van der Waals surface area contributed by atoms with Crippen LogP contribution in [0.3, 0.4) is 0 Å². The number of hydrogen-bond acceptors (Lipinski definition) is 2. The zero-order valence-electron chi connectivity index (χ0n) is 7.54. The highest BCUT2D eigenvalue weighted by atomic mass is 19.4. The van der Waals surface area contributed by atoms with E-state index in [-0.39, 0.29) is 5.75 Å². The first kappa shape index (κ1) is 11.3. The molecule has 0 bridgehead atoms. The lowest BCUT2D eigenvalue weighted by Crippen LogP contribution is -2.06. The van der Waals surface area contributed by atoms with E-state index in [0.717, 1.165) is 30.3 Å². The first-order valence-corrected chi connectivity index (χ1v) is 3.95. The third-order valence-electron chi connectivity index (χ3n) is 1.57. The number of halogens is 3. The molecule has 0 spiro atoms. The standard InChI is InChI=1S/C10H7F3O2/c1-2-9(14)15-8-5-3-7(4-6-8)10(11,12)13/h2-6H,1H2. The monoisotopic (exact) mass is 216 g/mol. The number of alkyl halides is 3. The molecule has 0 atom stereocenters. The van der Waals surface area contributed by atoms with Crippen molar-refractivity contribution in [3.8, 4) is 5.75 Å². The molecule has 15 heavy (non-hydrogen) atoms. The van der Waals surface area contributed by atoms with Crippen LogP contribution in [0.1, 0.15) is 5.56 Å². The van der Waals surface area contributed by atoms with Gasteiger partial charge in [-0.2, -0.15) is 13.2 Å². The summed E-state index contributed by atoms with van der Waals surface area (Å²) in [5.74, 6) is -0.664. The molecule has 0 fully saturated rings. The Hall–Kier alpha value is -1.78. The summed E-state index contributed by atoms with van der Waals surface area (Å²) in [6.45, 7) is 3.16. The molecular formula is C10H7F3O2. The summed E-state index contributed by atoms with van der Waals surface area (Å²) >= 11 is 0. The molecule has 0 N–H and O–H groups in total. The Bertz CT molecular complexity index is 365. The van der Waals surface area contributed by atoms with Crippen molar-refractivity contribution in [1.82, 2.24) is 0 Å². The molecule has 0 radical (unpaired) electrons. The van der Waals surface area contributed by atoms with Crippen LogP contribution in [-0.4, -0.2) is 5.97 Å². The predicted molar refractivity (Wildman–Crippen MR) is 47.3 cm³/mol. The lowest BCUT2D eigenvalue weighted by molar-refractivity contribution is -0.137. The van der Waals surface area contributed by atoms with Gasteiger partial charge in [-0.3, -0.25) is 0 Å². The number of carbonyl (C=O) groups excluding carboxylic acids is 1. The van der Waals surface area contributed by atoms with Crippen LogP contribution in [0.2, 0.25) is 0 Å². The highest BCUT2D eigenvalue weighted by molar-refractivity contribution is 5.83. The van der Waals surface area contributed by atoms with Crippen LogP contribution in [0.25, 0.3) is 0 Å². The summed E-state index contributed by atoms with van der Waals surface area (Å²) in [6, 6.07) is 3.83. The van der Waals surface area contributed by atoms with E-state index in [1.807, 2.05) is 0 Å². The van der Waals surface area contributed by atoms with Crippen LogP contribution in [0, 0.1) is 0 Å². The van der Waals surface area contributed by atoms with Gasteiger partial charge in [-0.05, 0) is 24.3 Å². The van der Waals surface area contributed by atoms with Crippen LogP contribution < -0.4 is 4.74 Å². The predicted octanol–water partition coefficient (Wildman–Crippen LogP) is 2.80. The fourth-order valence-corrected chi connectivity index (χ4v) is 0.870. The van der Waals surface area contributed by atoms with Gasteiger partial charge in [0.2, 0.25) is 0 Å². The van der Waals surface area contributed by atoms with E-state index in [9.17, 15) is 18.0 Å². The maximum Gasteiger partial charge on any atom is 0.416 e. The van der Waals surface area contributed by atoms with E-state index >= 15 is 0 Å². The lowest BCUT2D eigenvalue weighted by atomic mass is 10.2. The minimum atomic E-state index is -4.39. The number of ether oxygens (including phenoxy) is 1. The average molecular weight is 216 g/mol. The Morgan fingerprint density at radius 1 is 1.27 bits per heavy atom. The minimum Gasteiger partial charge on any atom is -0.423 e. The molecule has 0 saturated heterocycles. The van der Waals surface area contributed by atoms with Gasteiger partial charge in [0.05, 0.1) is 5.56 Å². The van der Waals surface area contributed by atoms with Gasteiger partial charge >= 0.3 is 12.1 Å². The molecule has 1 aromatic rings. The summed E-state index contributed by atoms with van der Waals surface area (Å²) in [6.07, 6.45) is -3.46. The van der Waals surface area contributed by atoms with Crippen molar-refractivity contribution in [3.05, 3.63) is 42.5 Å². The van der Waals surface area contributed by atoms with Gasteiger partial charge in [0.25, 0.3) is 0 Å². The van der Waals surface area contributed by atoms with Crippen molar-refractivity contribution in [1.29, 1.82) is 0 Å². The third-order valence-corrected chi connectivity index (χ3v) is 1.57. The van der Waals surface area contributed by atoms with E-state index in [4.69, 9.17) is 0 Å². The SMILES string of the molecule is C=CC(=O)Oc1ccc(C(F)(F)F)cc1. The van der Waals surface area contributed by atoms with E-state index in [1.165, 1.54) is 0 Å². The molecule has 0 saturated carbocycles. The minimum absolute atomic E-state index is 0.0490. The molecule has 1 rings (SSSR count). The molecule has 0 unspecified atom stereocenters. The molecule has 0 aliphatic heterocycles. The van der Waals surface area contributed by atoms with Crippen molar-refractivity contribution >= 4 is 5.97 Å². The van der Waals surface area contributed by atoms with E-state index in [2.05, 4.69) is 11.3 Å². The average Bonchev–Trinajstić information content (AvgIpc) is 2.17. The van der Waals surface area contributed by atoms with Crippen LogP contribution in [-0.2, 0) is 11.0 Å². The number of carbonyl (C=O) groups is 1. The van der Waals surface area contributed by atoms with Crippen molar-refractivity contribution in [2.24, 2.45) is 0 Å². The molecule has 80 valence electrons. The van der Waals surface area contributed by atoms with Gasteiger partial charge < -0.3 is 4.74 Å². The number of rotatable bonds is 2. The van der Waals surface area contributed by atoms with Crippen molar-refractivity contribution in [2.75, 3.05) is 0 Å². The van der Waals surface area contributed by atoms with Gasteiger partial charge in [-0.1, -0.05) is 6.58 Å². The second kappa shape index (κ2) is 4.16. The summed E-state index contributed by atoms with van der Waals surface area (Å²) in [5.41, 5.74) is -0.791. The lowest BCUT2D eigenvalue weighted by Gasteiger charge is -2.06. The van der Waals surface area contributed by atoms with E-state index in [1.54, 1.807) is 0 Å². The van der Waals surface area contributed by atoms with Crippen LogP contribution in [0.4, 0.5) is 13.2 Å². The Balaban J connectivity index is 2.81. The molecule has 0 aliphatic rings. The molecule has 0 amide bonds. The van der Waals surface area contributed by atoms with E-state index in [0.29, 0.717) is 0 Å². The summed E-state index contributed by atoms with van der Waals surface area (Å²) in [5, 5.41) is 0. The molecule has 0 heterocycles. The number of esters is 1. The Kier molecular flexibility index (Phi) is 3.14. The van der Waals surface area contributed by atoms with Crippen LogP contribution in [0.15, 0.2) is 36.9 Å². The highest BCUT2D eigenvalue weighted by Gasteiger charge is 2.30. The zero-order chi connectivity index (χ0) is 11.5. The third kappa shape index (κ3) is 3.12. The largest absolute Gasteiger partial charge is 0.423 e. The Morgan fingerprint density at radius 3 is 2.20 bits per heavy atom. The molecular weight excluding hydrogens is 209 g/mol. The smallest absolute Gasteiger partial charge is 0.416 e. The van der Waals surface area contributed by atoms with Crippen molar-refractivity contribution in [3.63, 3.8) is 0 Å². The van der Waals surface area contributed by atoms with Gasteiger partial charge in [-0.15, -0.1) is 0 Å². The van der Waals surface area contributed by atoms with E-state index < -0.39 is 17.7 Å².